The summed E-state index contributed by atoms with van der Waals surface area (Å²) in [5, 5.41) is 3.27. The Hall–Kier alpha value is -0.910. The number of sulfonamides is 1. The maximum absolute atomic E-state index is 12.3. The number of hydrogen-bond donors (Lipinski definition) is 2. The van der Waals surface area contributed by atoms with Gasteiger partial charge in [0.2, 0.25) is 10.0 Å². The Balaban J connectivity index is 1.71. The van der Waals surface area contributed by atoms with Gasteiger partial charge in [0.05, 0.1) is 4.90 Å². The molecule has 5 heteroatoms. The molecule has 110 valence electrons. The lowest BCUT2D eigenvalue weighted by atomic mass is 9.99. The van der Waals surface area contributed by atoms with E-state index in [2.05, 4.69) is 23.9 Å². The summed E-state index contributed by atoms with van der Waals surface area (Å²) in [7, 11) is -3.37. The van der Waals surface area contributed by atoms with Gasteiger partial charge >= 0.3 is 0 Å². The molecule has 1 aromatic carbocycles. The minimum atomic E-state index is -3.37. The molecule has 1 aromatic rings. The zero-order valence-corrected chi connectivity index (χ0v) is 12.8. The van der Waals surface area contributed by atoms with E-state index >= 15 is 0 Å². The third-order valence-electron chi connectivity index (χ3n) is 4.75. The number of hydrogen-bond acceptors (Lipinski definition) is 3. The van der Waals surface area contributed by atoms with Crippen LogP contribution < -0.4 is 10.0 Å². The molecule has 20 heavy (non-hydrogen) atoms. The summed E-state index contributed by atoms with van der Waals surface area (Å²) in [5.41, 5.74) is 1.19. The average Bonchev–Trinajstić information content (AvgIpc) is 2.89. The summed E-state index contributed by atoms with van der Waals surface area (Å²) in [4.78, 5) is 0.377. The molecule has 0 bridgehead atoms. The number of benzene rings is 1. The Labute approximate surface area is 121 Å². The van der Waals surface area contributed by atoms with Gasteiger partial charge in [-0.3, -0.25) is 0 Å². The Kier molecular flexibility index (Phi) is 3.60. The summed E-state index contributed by atoms with van der Waals surface area (Å²) >= 11 is 0. The molecule has 2 N–H and O–H groups in total. The summed E-state index contributed by atoms with van der Waals surface area (Å²) in [6, 6.07) is 7.44. The van der Waals surface area contributed by atoms with Gasteiger partial charge in [-0.25, -0.2) is 13.1 Å². The van der Waals surface area contributed by atoms with Crippen LogP contribution in [-0.2, 0) is 10.0 Å². The monoisotopic (exact) mass is 294 g/mol. The van der Waals surface area contributed by atoms with E-state index in [1.54, 1.807) is 12.1 Å². The molecular weight excluding hydrogens is 272 g/mol. The van der Waals surface area contributed by atoms with Crippen LogP contribution in [0.5, 0.6) is 0 Å². The van der Waals surface area contributed by atoms with Crippen molar-refractivity contribution in [1.29, 1.82) is 0 Å². The lowest BCUT2D eigenvalue weighted by Crippen LogP contribution is -2.32. The van der Waals surface area contributed by atoms with Gasteiger partial charge in [0.25, 0.3) is 0 Å². The molecule has 0 aromatic heterocycles. The lowest BCUT2D eigenvalue weighted by molar-refractivity contribution is 0.565. The zero-order valence-electron chi connectivity index (χ0n) is 12.0. The van der Waals surface area contributed by atoms with E-state index in [1.165, 1.54) is 5.56 Å². The van der Waals surface area contributed by atoms with E-state index in [4.69, 9.17) is 0 Å². The predicted octanol–water partition coefficient (Wildman–Crippen LogP) is 1.70. The number of fused-ring (bicyclic) bond motifs is 1. The summed E-state index contributed by atoms with van der Waals surface area (Å²) in [5.74, 6) is 1.45. The van der Waals surface area contributed by atoms with Crippen molar-refractivity contribution in [3.63, 3.8) is 0 Å². The quantitative estimate of drug-likeness (QED) is 0.869. The first-order valence-corrected chi connectivity index (χ1v) is 8.84. The second-order valence-electron chi connectivity index (χ2n) is 6.01. The van der Waals surface area contributed by atoms with Crippen molar-refractivity contribution in [2.75, 3.05) is 13.1 Å². The number of nitrogens with one attached hydrogen (secondary N) is 2. The van der Waals surface area contributed by atoms with E-state index in [1.807, 2.05) is 12.1 Å². The van der Waals surface area contributed by atoms with E-state index in [9.17, 15) is 8.42 Å². The van der Waals surface area contributed by atoms with E-state index < -0.39 is 10.0 Å². The highest BCUT2D eigenvalue weighted by molar-refractivity contribution is 7.89. The SMILES string of the molecule is CCC(C)c1ccc(S(=O)(=O)NC2C3CNCC32)cc1. The first-order valence-electron chi connectivity index (χ1n) is 7.36. The Morgan fingerprint density at radius 1 is 1.25 bits per heavy atom. The standard InChI is InChI=1S/C15H22N2O2S/c1-3-10(2)11-4-6-12(7-5-11)20(18,19)17-15-13-8-16-9-14(13)15/h4-7,10,13-17H,3,8-9H2,1-2H3. The Morgan fingerprint density at radius 3 is 2.40 bits per heavy atom. The van der Waals surface area contributed by atoms with Crippen molar-refractivity contribution in [2.24, 2.45) is 11.8 Å². The van der Waals surface area contributed by atoms with Crippen LogP contribution in [-0.4, -0.2) is 27.5 Å². The Morgan fingerprint density at radius 2 is 1.85 bits per heavy atom. The van der Waals surface area contributed by atoms with E-state index in [0.717, 1.165) is 19.5 Å². The zero-order chi connectivity index (χ0) is 14.3. The van der Waals surface area contributed by atoms with Gasteiger partial charge in [0.1, 0.15) is 0 Å². The lowest BCUT2D eigenvalue weighted by Gasteiger charge is -2.11. The molecule has 0 spiro atoms. The third kappa shape index (κ3) is 2.50. The van der Waals surface area contributed by atoms with Crippen LogP contribution >= 0.6 is 0 Å². The van der Waals surface area contributed by atoms with Crippen LogP contribution in [0, 0.1) is 11.8 Å². The molecule has 3 unspecified atom stereocenters. The molecule has 2 fully saturated rings. The van der Waals surface area contributed by atoms with Crippen LogP contribution in [0.3, 0.4) is 0 Å². The fourth-order valence-corrected chi connectivity index (χ4v) is 4.39. The van der Waals surface area contributed by atoms with Gasteiger partial charge < -0.3 is 5.32 Å². The van der Waals surface area contributed by atoms with E-state index in [-0.39, 0.29) is 6.04 Å². The smallest absolute Gasteiger partial charge is 0.240 e. The van der Waals surface area contributed by atoms with Crippen molar-refractivity contribution in [1.82, 2.24) is 10.0 Å². The topological polar surface area (TPSA) is 58.2 Å². The van der Waals surface area contributed by atoms with Crippen molar-refractivity contribution < 1.29 is 8.42 Å². The molecule has 4 nitrogen and oxygen atoms in total. The van der Waals surface area contributed by atoms with Crippen LogP contribution in [0.1, 0.15) is 31.7 Å². The van der Waals surface area contributed by atoms with Crippen molar-refractivity contribution >= 4 is 10.0 Å². The van der Waals surface area contributed by atoms with Gasteiger partial charge in [-0.2, -0.15) is 0 Å². The first kappa shape index (κ1) is 14.0. The van der Waals surface area contributed by atoms with Crippen molar-refractivity contribution in [3.8, 4) is 0 Å². The fourth-order valence-electron chi connectivity index (χ4n) is 3.05. The molecule has 0 amide bonds. The molecule has 3 atom stereocenters. The predicted molar refractivity (Wildman–Crippen MR) is 79.1 cm³/mol. The van der Waals surface area contributed by atoms with Crippen LogP contribution in [0.25, 0.3) is 0 Å². The molecule has 1 heterocycles. The molecule has 1 aliphatic carbocycles. The van der Waals surface area contributed by atoms with Crippen molar-refractivity contribution in [2.45, 2.75) is 37.1 Å². The molecular formula is C15H22N2O2S. The average molecular weight is 294 g/mol. The van der Waals surface area contributed by atoms with Gasteiger partial charge in [0.15, 0.2) is 0 Å². The Bertz CT molecular complexity index is 572. The van der Waals surface area contributed by atoms with Gasteiger partial charge in [-0.15, -0.1) is 0 Å². The van der Waals surface area contributed by atoms with Crippen molar-refractivity contribution in [3.05, 3.63) is 29.8 Å². The first-order chi connectivity index (χ1) is 9.53. The molecule has 2 aliphatic rings. The van der Waals surface area contributed by atoms with Crippen LogP contribution in [0.15, 0.2) is 29.2 Å². The minimum Gasteiger partial charge on any atom is -0.316 e. The summed E-state index contributed by atoms with van der Waals surface area (Å²) in [6.45, 7) is 6.16. The summed E-state index contributed by atoms with van der Waals surface area (Å²) in [6.07, 6.45) is 1.06. The highest BCUT2D eigenvalue weighted by atomic mass is 32.2. The minimum absolute atomic E-state index is 0.135. The summed E-state index contributed by atoms with van der Waals surface area (Å²) < 4.78 is 27.5. The second kappa shape index (κ2) is 5.13. The molecule has 1 saturated heterocycles. The third-order valence-corrected chi connectivity index (χ3v) is 6.23. The van der Waals surface area contributed by atoms with Gasteiger partial charge in [-0.1, -0.05) is 26.0 Å². The molecule has 0 radical (unpaired) electrons. The maximum atomic E-state index is 12.3. The van der Waals surface area contributed by atoms with Gasteiger partial charge in [-0.05, 0) is 55.0 Å². The maximum Gasteiger partial charge on any atom is 0.240 e. The normalized spacial score (nSPS) is 30.0. The van der Waals surface area contributed by atoms with Crippen LogP contribution in [0.4, 0.5) is 0 Å². The molecule has 3 rings (SSSR count). The van der Waals surface area contributed by atoms with Crippen LogP contribution in [0.2, 0.25) is 0 Å². The largest absolute Gasteiger partial charge is 0.316 e. The fraction of sp³-hybridized carbons (Fsp3) is 0.600. The number of rotatable bonds is 5. The highest BCUT2D eigenvalue weighted by Crippen LogP contribution is 2.42. The molecule has 1 saturated carbocycles. The number of piperidine rings is 1. The second-order valence-corrected chi connectivity index (χ2v) is 7.73. The molecule has 1 aliphatic heterocycles. The highest BCUT2D eigenvalue weighted by Gasteiger charge is 2.54. The van der Waals surface area contributed by atoms with E-state index in [0.29, 0.717) is 22.6 Å². The van der Waals surface area contributed by atoms with Gasteiger partial charge in [0, 0.05) is 6.04 Å².